The van der Waals surface area contributed by atoms with Crippen LogP contribution in [-0.4, -0.2) is 46.5 Å². The summed E-state index contributed by atoms with van der Waals surface area (Å²) in [5.74, 6) is -0.170. The Morgan fingerprint density at radius 3 is 2.89 bits per heavy atom. The summed E-state index contributed by atoms with van der Waals surface area (Å²) in [7, 11) is 0. The van der Waals surface area contributed by atoms with Crippen molar-refractivity contribution in [2.75, 3.05) is 19.6 Å². The number of likely N-dealkylation sites (tertiary alicyclic amines) is 1. The predicted molar refractivity (Wildman–Crippen MR) is 71.7 cm³/mol. The number of carbonyl (C=O) groups excluding carboxylic acids is 2. The van der Waals surface area contributed by atoms with Crippen LogP contribution in [0.1, 0.15) is 23.4 Å². The molecule has 2 heterocycles. The van der Waals surface area contributed by atoms with Crippen LogP contribution in [0.15, 0.2) is 0 Å². The number of amides is 2. The van der Waals surface area contributed by atoms with Crippen molar-refractivity contribution in [2.45, 2.75) is 26.7 Å². The lowest BCUT2D eigenvalue weighted by Crippen LogP contribution is -2.34. The average Bonchev–Trinajstić information content (AvgIpc) is 2.95. The second kappa shape index (κ2) is 6.10. The van der Waals surface area contributed by atoms with E-state index in [4.69, 9.17) is 0 Å². The van der Waals surface area contributed by atoms with Gasteiger partial charge in [0.15, 0.2) is 0 Å². The summed E-state index contributed by atoms with van der Waals surface area (Å²) in [5.41, 5.74) is 0. The van der Waals surface area contributed by atoms with Gasteiger partial charge in [0.2, 0.25) is 11.8 Å². The van der Waals surface area contributed by atoms with E-state index < -0.39 is 0 Å². The smallest absolute Gasteiger partial charge is 0.225 e. The Kier molecular flexibility index (Phi) is 4.47. The summed E-state index contributed by atoms with van der Waals surface area (Å²) < 4.78 is 0. The molecule has 19 heavy (non-hydrogen) atoms. The van der Waals surface area contributed by atoms with Crippen LogP contribution in [0.25, 0.3) is 0 Å². The lowest BCUT2D eigenvalue weighted by molar-refractivity contribution is -0.128. The highest BCUT2D eigenvalue weighted by Gasteiger charge is 2.32. The van der Waals surface area contributed by atoms with E-state index in [1.54, 1.807) is 16.2 Å². The fraction of sp³-hybridized carbons (Fsp3) is 0.667. The standard InChI is InChI=1S/C12H18N4O2S/c1-3-16-7-9(6-11(16)17)12(18)13-5-4-10-15-14-8(2)19-10/h9H,3-7H2,1-2H3,(H,13,18). The number of aryl methyl sites for hydroxylation is 1. The molecule has 2 rings (SSSR count). The maximum atomic E-state index is 11.9. The number of carbonyl (C=O) groups is 2. The second-order valence-electron chi connectivity index (χ2n) is 4.59. The minimum atomic E-state index is -0.205. The summed E-state index contributed by atoms with van der Waals surface area (Å²) in [6, 6.07) is 0. The van der Waals surface area contributed by atoms with Gasteiger partial charge in [0.1, 0.15) is 10.0 Å². The molecule has 1 aliphatic rings. The lowest BCUT2D eigenvalue weighted by atomic mass is 10.1. The number of hydrogen-bond donors (Lipinski definition) is 1. The van der Waals surface area contributed by atoms with Crippen molar-refractivity contribution in [3.8, 4) is 0 Å². The van der Waals surface area contributed by atoms with Gasteiger partial charge in [-0.25, -0.2) is 0 Å². The van der Waals surface area contributed by atoms with Crippen LogP contribution in [0.5, 0.6) is 0 Å². The molecule has 1 aromatic heterocycles. The monoisotopic (exact) mass is 282 g/mol. The summed E-state index contributed by atoms with van der Waals surface area (Å²) in [6.07, 6.45) is 1.02. The molecule has 0 bridgehead atoms. The Balaban J connectivity index is 1.74. The molecule has 1 unspecified atom stereocenters. The Morgan fingerprint density at radius 2 is 2.32 bits per heavy atom. The highest BCUT2D eigenvalue weighted by Crippen LogP contribution is 2.17. The normalized spacial score (nSPS) is 18.9. The Labute approximate surface area is 116 Å². The first-order valence-electron chi connectivity index (χ1n) is 6.44. The fourth-order valence-electron chi connectivity index (χ4n) is 2.13. The zero-order chi connectivity index (χ0) is 13.8. The summed E-state index contributed by atoms with van der Waals surface area (Å²) in [6.45, 7) is 5.59. The van der Waals surface area contributed by atoms with Gasteiger partial charge < -0.3 is 10.2 Å². The van der Waals surface area contributed by atoms with Gasteiger partial charge in [-0.1, -0.05) is 0 Å². The molecule has 1 aromatic rings. The second-order valence-corrected chi connectivity index (χ2v) is 5.86. The summed E-state index contributed by atoms with van der Waals surface area (Å²) in [4.78, 5) is 25.2. The zero-order valence-corrected chi connectivity index (χ0v) is 12.0. The number of rotatable bonds is 5. The lowest BCUT2D eigenvalue weighted by Gasteiger charge is -2.13. The maximum Gasteiger partial charge on any atom is 0.225 e. The molecule has 0 radical (unpaired) electrons. The van der Waals surface area contributed by atoms with Crippen LogP contribution in [0, 0.1) is 12.8 Å². The quantitative estimate of drug-likeness (QED) is 0.847. The molecule has 7 heteroatoms. The molecule has 2 amide bonds. The van der Waals surface area contributed by atoms with Gasteiger partial charge >= 0.3 is 0 Å². The van der Waals surface area contributed by atoms with Gasteiger partial charge in [-0.15, -0.1) is 21.5 Å². The minimum absolute atomic E-state index is 0.0365. The molecule has 0 aromatic carbocycles. The van der Waals surface area contributed by atoms with Crippen molar-refractivity contribution in [1.29, 1.82) is 0 Å². The van der Waals surface area contributed by atoms with Gasteiger partial charge in [-0.2, -0.15) is 0 Å². The van der Waals surface area contributed by atoms with Gasteiger partial charge in [-0.3, -0.25) is 9.59 Å². The van der Waals surface area contributed by atoms with Crippen molar-refractivity contribution < 1.29 is 9.59 Å². The predicted octanol–water partition coefficient (Wildman–Crippen LogP) is 0.374. The van der Waals surface area contributed by atoms with Gasteiger partial charge in [-0.05, 0) is 13.8 Å². The molecule has 1 aliphatic heterocycles. The van der Waals surface area contributed by atoms with Crippen LogP contribution in [0.4, 0.5) is 0 Å². The molecule has 1 fully saturated rings. The van der Waals surface area contributed by atoms with Crippen LogP contribution < -0.4 is 5.32 Å². The number of hydrogen-bond acceptors (Lipinski definition) is 5. The van der Waals surface area contributed by atoms with Crippen LogP contribution in [0.2, 0.25) is 0 Å². The molecular formula is C12H18N4O2S. The van der Waals surface area contributed by atoms with E-state index in [9.17, 15) is 9.59 Å². The molecule has 1 N–H and O–H groups in total. The minimum Gasteiger partial charge on any atom is -0.355 e. The van der Waals surface area contributed by atoms with Gasteiger partial charge in [0.05, 0.1) is 5.92 Å². The molecule has 0 aliphatic carbocycles. The number of nitrogens with zero attached hydrogens (tertiary/aromatic N) is 3. The molecule has 0 spiro atoms. The van der Waals surface area contributed by atoms with Crippen LogP contribution in [0.3, 0.4) is 0 Å². The molecule has 0 saturated carbocycles. The van der Waals surface area contributed by atoms with Gasteiger partial charge in [0, 0.05) is 32.5 Å². The van der Waals surface area contributed by atoms with E-state index in [0.29, 0.717) is 32.5 Å². The van der Waals surface area contributed by atoms with E-state index in [1.807, 2.05) is 13.8 Å². The third kappa shape index (κ3) is 3.50. The van der Waals surface area contributed by atoms with Crippen molar-refractivity contribution in [3.63, 3.8) is 0 Å². The fourth-order valence-corrected chi connectivity index (χ4v) is 2.84. The SMILES string of the molecule is CCN1CC(C(=O)NCCc2nnc(C)s2)CC1=O. The maximum absolute atomic E-state index is 11.9. The average molecular weight is 282 g/mol. The van der Waals surface area contributed by atoms with Crippen LogP contribution in [-0.2, 0) is 16.0 Å². The van der Waals surface area contributed by atoms with Gasteiger partial charge in [0.25, 0.3) is 0 Å². The third-order valence-corrected chi connectivity index (χ3v) is 4.07. The first-order chi connectivity index (χ1) is 9.10. The first kappa shape index (κ1) is 13.9. The number of nitrogens with one attached hydrogen (secondary N) is 1. The van der Waals surface area contributed by atoms with Crippen molar-refractivity contribution in [3.05, 3.63) is 10.0 Å². The van der Waals surface area contributed by atoms with Crippen molar-refractivity contribution >= 4 is 23.2 Å². The summed E-state index contributed by atoms with van der Waals surface area (Å²) in [5, 5.41) is 12.7. The Hall–Kier alpha value is -1.50. The van der Waals surface area contributed by atoms with E-state index in [1.165, 1.54) is 0 Å². The largest absolute Gasteiger partial charge is 0.355 e. The topological polar surface area (TPSA) is 75.2 Å². The molecule has 1 atom stereocenters. The number of aromatic nitrogens is 2. The third-order valence-electron chi connectivity index (χ3n) is 3.17. The van der Waals surface area contributed by atoms with E-state index in [2.05, 4.69) is 15.5 Å². The van der Waals surface area contributed by atoms with Crippen LogP contribution >= 0.6 is 11.3 Å². The summed E-state index contributed by atoms with van der Waals surface area (Å²) >= 11 is 1.54. The van der Waals surface area contributed by atoms with Crippen molar-refractivity contribution in [1.82, 2.24) is 20.4 Å². The van der Waals surface area contributed by atoms with E-state index >= 15 is 0 Å². The van der Waals surface area contributed by atoms with E-state index in [0.717, 1.165) is 10.0 Å². The molecule has 1 saturated heterocycles. The Morgan fingerprint density at radius 1 is 1.53 bits per heavy atom. The molecular weight excluding hydrogens is 264 g/mol. The highest BCUT2D eigenvalue weighted by molar-refractivity contribution is 7.11. The first-order valence-corrected chi connectivity index (χ1v) is 7.26. The zero-order valence-electron chi connectivity index (χ0n) is 11.2. The van der Waals surface area contributed by atoms with E-state index in [-0.39, 0.29) is 17.7 Å². The Bertz CT molecular complexity index is 474. The van der Waals surface area contributed by atoms with Crippen molar-refractivity contribution in [2.24, 2.45) is 5.92 Å². The molecule has 6 nitrogen and oxygen atoms in total. The molecule has 104 valence electrons. The highest BCUT2D eigenvalue weighted by atomic mass is 32.1.